The summed E-state index contributed by atoms with van der Waals surface area (Å²) < 4.78 is 1.85. The molecule has 0 aliphatic carbocycles. The molecular formula is C14H12N4OS. The van der Waals surface area contributed by atoms with Crippen LogP contribution < -0.4 is 5.32 Å². The van der Waals surface area contributed by atoms with E-state index in [0.717, 1.165) is 10.5 Å². The summed E-state index contributed by atoms with van der Waals surface area (Å²) >= 11 is 1.59. The molecule has 0 atom stereocenters. The van der Waals surface area contributed by atoms with Gasteiger partial charge in [-0.25, -0.2) is 0 Å². The number of hydrogen-bond donors (Lipinski definition) is 1. The van der Waals surface area contributed by atoms with Gasteiger partial charge in [0.15, 0.2) is 11.5 Å². The Labute approximate surface area is 119 Å². The van der Waals surface area contributed by atoms with Crippen molar-refractivity contribution in [3.8, 4) is 0 Å². The van der Waals surface area contributed by atoms with Gasteiger partial charge in [-0.15, -0.1) is 21.5 Å². The molecule has 0 saturated carbocycles. The van der Waals surface area contributed by atoms with Crippen molar-refractivity contribution in [1.29, 1.82) is 0 Å². The first-order valence-corrected chi connectivity index (χ1v) is 6.99. The maximum atomic E-state index is 11.7. The molecule has 0 spiro atoms. The number of fused-ring (bicyclic) bond motifs is 1. The van der Waals surface area contributed by atoms with Gasteiger partial charge in [0.25, 0.3) is 0 Å². The van der Waals surface area contributed by atoms with Gasteiger partial charge in [-0.05, 0) is 29.7 Å². The van der Waals surface area contributed by atoms with E-state index in [1.807, 2.05) is 46.3 Å². The van der Waals surface area contributed by atoms with Crippen LogP contribution in [-0.4, -0.2) is 20.5 Å². The van der Waals surface area contributed by atoms with E-state index in [2.05, 4.69) is 15.5 Å². The van der Waals surface area contributed by atoms with E-state index < -0.39 is 0 Å². The summed E-state index contributed by atoms with van der Waals surface area (Å²) in [5.74, 6) is 0.560. The van der Waals surface area contributed by atoms with Gasteiger partial charge in [0.05, 0.1) is 6.54 Å². The Morgan fingerprint density at radius 1 is 1.30 bits per heavy atom. The number of nitrogens with one attached hydrogen (secondary N) is 1. The van der Waals surface area contributed by atoms with Crippen LogP contribution in [-0.2, 0) is 11.3 Å². The minimum Gasteiger partial charge on any atom is -0.345 e. The largest absolute Gasteiger partial charge is 0.345 e. The van der Waals surface area contributed by atoms with Crippen LogP contribution in [0, 0.1) is 0 Å². The molecule has 0 bridgehead atoms. The summed E-state index contributed by atoms with van der Waals surface area (Å²) in [7, 11) is 0. The number of pyridine rings is 1. The van der Waals surface area contributed by atoms with Gasteiger partial charge < -0.3 is 5.32 Å². The van der Waals surface area contributed by atoms with Crippen molar-refractivity contribution in [3.05, 3.63) is 58.7 Å². The van der Waals surface area contributed by atoms with Crippen molar-refractivity contribution in [1.82, 2.24) is 19.9 Å². The molecule has 3 rings (SSSR count). The molecule has 0 aliphatic heterocycles. The van der Waals surface area contributed by atoms with E-state index >= 15 is 0 Å². The topological polar surface area (TPSA) is 59.3 Å². The molecule has 0 aromatic carbocycles. The van der Waals surface area contributed by atoms with Crippen LogP contribution in [0.25, 0.3) is 11.7 Å². The van der Waals surface area contributed by atoms with Crippen LogP contribution in [0.4, 0.5) is 0 Å². The normalized spacial score (nSPS) is 11.2. The monoisotopic (exact) mass is 284 g/mol. The highest BCUT2D eigenvalue weighted by Gasteiger charge is 2.05. The molecule has 20 heavy (non-hydrogen) atoms. The van der Waals surface area contributed by atoms with E-state index in [9.17, 15) is 4.79 Å². The van der Waals surface area contributed by atoms with Crippen LogP contribution in [0.5, 0.6) is 0 Å². The first-order chi connectivity index (χ1) is 9.83. The fourth-order valence-electron chi connectivity index (χ4n) is 1.78. The van der Waals surface area contributed by atoms with Crippen LogP contribution >= 0.6 is 11.3 Å². The second kappa shape index (κ2) is 5.66. The van der Waals surface area contributed by atoms with Gasteiger partial charge >= 0.3 is 0 Å². The molecule has 6 heteroatoms. The summed E-state index contributed by atoms with van der Waals surface area (Å²) in [6, 6.07) is 9.58. The zero-order valence-electron chi connectivity index (χ0n) is 10.6. The first-order valence-electron chi connectivity index (χ1n) is 6.11. The molecule has 3 aromatic rings. The highest BCUT2D eigenvalue weighted by molar-refractivity contribution is 7.10. The number of carbonyl (C=O) groups excluding carboxylic acids is 1. The number of hydrogen-bond acceptors (Lipinski definition) is 4. The average Bonchev–Trinajstić information content (AvgIpc) is 3.12. The molecule has 0 unspecified atom stereocenters. The Bertz CT molecular complexity index is 745. The maximum absolute atomic E-state index is 11.7. The lowest BCUT2D eigenvalue weighted by Crippen LogP contribution is -2.21. The smallest absolute Gasteiger partial charge is 0.244 e. The number of thiophene rings is 1. The minimum absolute atomic E-state index is 0.147. The molecule has 0 fully saturated rings. The van der Waals surface area contributed by atoms with Gasteiger partial charge in [-0.1, -0.05) is 12.1 Å². The lowest BCUT2D eigenvalue weighted by molar-refractivity contribution is -0.116. The molecular weight excluding hydrogens is 272 g/mol. The van der Waals surface area contributed by atoms with Crippen molar-refractivity contribution in [2.75, 3.05) is 0 Å². The van der Waals surface area contributed by atoms with Gasteiger partial charge in [0.2, 0.25) is 5.91 Å². The molecule has 0 aliphatic rings. The van der Waals surface area contributed by atoms with Gasteiger partial charge in [0.1, 0.15) is 0 Å². The molecule has 100 valence electrons. The van der Waals surface area contributed by atoms with Gasteiger partial charge in [-0.2, -0.15) is 0 Å². The van der Waals surface area contributed by atoms with Gasteiger partial charge in [0, 0.05) is 17.2 Å². The second-order valence-electron chi connectivity index (χ2n) is 4.11. The number of carbonyl (C=O) groups is 1. The summed E-state index contributed by atoms with van der Waals surface area (Å²) in [4.78, 5) is 12.8. The van der Waals surface area contributed by atoms with Crippen molar-refractivity contribution >= 4 is 29.0 Å². The van der Waals surface area contributed by atoms with E-state index in [0.29, 0.717) is 12.4 Å². The Balaban J connectivity index is 1.63. The first kappa shape index (κ1) is 12.6. The molecule has 3 heterocycles. The summed E-state index contributed by atoms with van der Waals surface area (Å²) in [5.41, 5.74) is 0.769. The minimum atomic E-state index is -0.147. The summed E-state index contributed by atoms with van der Waals surface area (Å²) in [6.07, 6.45) is 5.19. The average molecular weight is 284 g/mol. The zero-order chi connectivity index (χ0) is 13.8. The Morgan fingerprint density at radius 3 is 3.10 bits per heavy atom. The van der Waals surface area contributed by atoms with E-state index in [4.69, 9.17) is 0 Å². The predicted octanol–water partition coefficient (Wildman–Crippen LogP) is 2.12. The third-order valence-electron chi connectivity index (χ3n) is 2.75. The SMILES string of the molecule is O=C(C=Cc1cccs1)NCc1nnc2ccccn12. The molecule has 5 nitrogen and oxygen atoms in total. The number of rotatable bonds is 4. The van der Waals surface area contributed by atoms with Crippen molar-refractivity contribution in [3.63, 3.8) is 0 Å². The number of aromatic nitrogens is 3. The second-order valence-corrected chi connectivity index (χ2v) is 5.09. The van der Waals surface area contributed by atoms with Crippen molar-refractivity contribution < 1.29 is 4.79 Å². The van der Waals surface area contributed by atoms with E-state index in [-0.39, 0.29) is 5.91 Å². The highest BCUT2D eigenvalue weighted by atomic mass is 32.1. The van der Waals surface area contributed by atoms with Crippen LogP contribution in [0.3, 0.4) is 0 Å². The fraction of sp³-hybridized carbons (Fsp3) is 0.0714. The Morgan fingerprint density at radius 2 is 2.25 bits per heavy atom. The molecule has 1 N–H and O–H groups in total. The lowest BCUT2D eigenvalue weighted by atomic mass is 10.4. The predicted molar refractivity (Wildman–Crippen MR) is 78.2 cm³/mol. The lowest BCUT2D eigenvalue weighted by Gasteiger charge is -2.00. The molecule has 0 saturated heterocycles. The third-order valence-corrected chi connectivity index (χ3v) is 3.58. The van der Waals surface area contributed by atoms with Crippen molar-refractivity contribution in [2.45, 2.75) is 6.54 Å². The summed E-state index contributed by atoms with van der Waals surface area (Å²) in [6.45, 7) is 0.346. The quantitative estimate of drug-likeness (QED) is 0.747. The van der Waals surface area contributed by atoms with Crippen LogP contribution in [0.2, 0.25) is 0 Å². The molecule has 3 aromatic heterocycles. The number of nitrogens with zero attached hydrogens (tertiary/aromatic N) is 3. The molecule has 0 radical (unpaired) electrons. The van der Waals surface area contributed by atoms with Gasteiger partial charge in [-0.3, -0.25) is 9.20 Å². The molecule has 1 amide bonds. The number of amides is 1. The maximum Gasteiger partial charge on any atom is 0.244 e. The van der Waals surface area contributed by atoms with E-state index in [1.54, 1.807) is 17.4 Å². The Kier molecular flexibility index (Phi) is 3.56. The van der Waals surface area contributed by atoms with E-state index in [1.165, 1.54) is 6.08 Å². The standard InChI is InChI=1S/C14H12N4OS/c19-14(7-6-11-4-3-9-20-11)15-10-13-17-16-12-5-1-2-8-18(12)13/h1-9H,10H2,(H,15,19). The Hall–Kier alpha value is -2.47. The zero-order valence-corrected chi connectivity index (χ0v) is 11.4. The van der Waals surface area contributed by atoms with Crippen LogP contribution in [0.15, 0.2) is 48.0 Å². The van der Waals surface area contributed by atoms with Crippen molar-refractivity contribution in [2.24, 2.45) is 0 Å². The third kappa shape index (κ3) is 2.75. The van der Waals surface area contributed by atoms with Crippen LogP contribution in [0.1, 0.15) is 10.7 Å². The fourth-order valence-corrected chi connectivity index (χ4v) is 2.40. The highest BCUT2D eigenvalue weighted by Crippen LogP contribution is 2.09. The summed E-state index contributed by atoms with van der Waals surface area (Å²) in [5, 5.41) is 12.8.